The van der Waals surface area contributed by atoms with E-state index in [4.69, 9.17) is 15.0 Å². The minimum Gasteiger partial charge on any atom is -0.370 e. The number of nitrogens with zero attached hydrogens (tertiary/aromatic N) is 2. The van der Waals surface area contributed by atoms with E-state index in [2.05, 4.69) is 10.1 Å². The van der Waals surface area contributed by atoms with Gasteiger partial charge >= 0.3 is 0 Å². The predicted octanol–water partition coefficient (Wildman–Crippen LogP) is 1.72. The molecule has 0 aromatic carbocycles. The van der Waals surface area contributed by atoms with E-state index in [1.54, 1.807) is 7.11 Å². The molecule has 0 aliphatic heterocycles. The van der Waals surface area contributed by atoms with Crippen molar-refractivity contribution in [1.82, 2.24) is 10.1 Å². The molecule has 0 spiro atoms. The normalized spacial score (nSPS) is 19.8. The van der Waals surface area contributed by atoms with Gasteiger partial charge in [-0.3, -0.25) is 0 Å². The largest absolute Gasteiger partial charge is 0.370 e. The topological polar surface area (TPSA) is 74.2 Å². The van der Waals surface area contributed by atoms with Crippen molar-refractivity contribution in [1.29, 1.82) is 0 Å². The minimum atomic E-state index is -0.341. The molecule has 1 heterocycles. The molecule has 0 saturated heterocycles. The summed E-state index contributed by atoms with van der Waals surface area (Å²) >= 11 is 0. The highest BCUT2D eigenvalue weighted by atomic mass is 16.5. The fourth-order valence-corrected chi connectivity index (χ4v) is 2.24. The van der Waals surface area contributed by atoms with Gasteiger partial charge in [0.05, 0.1) is 5.41 Å². The van der Waals surface area contributed by atoms with E-state index >= 15 is 0 Å². The summed E-state index contributed by atoms with van der Waals surface area (Å²) in [6, 6.07) is 0. The zero-order chi connectivity index (χ0) is 12.5. The van der Waals surface area contributed by atoms with Gasteiger partial charge in [-0.05, 0) is 39.5 Å². The fraction of sp³-hybridized carbons (Fsp3) is 0.833. The third-order valence-corrected chi connectivity index (χ3v) is 3.72. The maximum absolute atomic E-state index is 5.71. The highest BCUT2D eigenvalue weighted by Gasteiger charge is 2.41. The number of nitrogens with two attached hydrogens (primary N) is 1. The van der Waals surface area contributed by atoms with Crippen LogP contribution < -0.4 is 5.73 Å². The van der Waals surface area contributed by atoms with Crippen molar-refractivity contribution in [3.63, 3.8) is 0 Å². The Hall–Kier alpha value is -0.940. The molecule has 96 valence electrons. The molecular formula is C12H21N3O2. The Labute approximate surface area is 102 Å². The Kier molecular flexibility index (Phi) is 3.23. The summed E-state index contributed by atoms with van der Waals surface area (Å²) in [6.45, 7) is 4.48. The van der Waals surface area contributed by atoms with Gasteiger partial charge < -0.3 is 15.0 Å². The molecule has 1 fully saturated rings. The molecule has 0 atom stereocenters. The highest BCUT2D eigenvalue weighted by Crippen LogP contribution is 2.40. The molecular weight excluding hydrogens is 218 g/mol. The first-order valence-electron chi connectivity index (χ1n) is 6.14. The molecule has 5 heteroatoms. The van der Waals surface area contributed by atoms with Gasteiger partial charge in [0.25, 0.3) is 0 Å². The van der Waals surface area contributed by atoms with E-state index < -0.39 is 0 Å². The Morgan fingerprint density at radius 1 is 1.41 bits per heavy atom. The van der Waals surface area contributed by atoms with E-state index in [1.807, 2.05) is 13.8 Å². The predicted molar refractivity (Wildman–Crippen MR) is 63.5 cm³/mol. The van der Waals surface area contributed by atoms with Crippen LogP contribution in [0.4, 0.5) is 0 Å². The molecule has 0 unspecified atom stereocenters. The summed E-state index contributed by atoms with van der Waals surface area (Å²) < 4.78 is 11.0. The van der Waals surface area contributed by atoms with Crippen molar-refractivity contribution < 1.29 is 9.26 Å². The Morgan fingerprint density at radius 2 is 2.06 bits per heavy atom. The first-order valence-corrected chi connectivity index (χ1v) is 6.14. The van der Waals surface area contributed by atoms with E-state index in [1.165, 1.54) is 0 Å². The molecule has 1 saturated carbocycles. The van der Waals surface area contributed by atoms with Gasteiger partial charge in [0.1, 0.15) is 5.60 Å². The lowest BCUT2D eigenvalue weighted by molar-refractivity contribution is -0.0178. The van der Waals surface area contributed by atoms with Crippen molar-refractivity contribution in [2.75, 3.05) is 13.7 Å². The number of aromatic nitrogens is 2. The first-order chi connectivity index (χ1) is 8.04. The molecule has 0 amide bonds. The smallest absolute Gasteiger partial charge is 0.233 e. The van der Waals surface area contributed by atoms with Gasteiger partial charge in [-0.2, -0.15) is 4.98 Å². The van der Waals surface area contributed by atoms with Crippen LogP contribution >= 0.6 is 0 Å². The lowest BCUT2D eigenvalue weighted by Crippen LogP contribution is -2.30. The molecule has 1 aliphatic carbocycles. The quantitative estimate of drug-likeness (QED) is 0.866. The second-order valence-electron chi connectivity index (χ2n) is 5.42. The molecule has 5 nitrogen and oxygen atoms in total. The first kappa shape index (κ1) is 12.5. The Balaban J connectivity index is 2.29. The summed E-state index contributed by atoms with van der Waals surface area (Å²) in [4.78, 5) is 4.50. The van der Waals surface area contributed by atoms with Crippen LogP contribution in [0.1, 0.15) is 51.2 Å². The second kappa shape index (κ2) is 4.38. The molecule has 1 aromatic rings. The van der Waals surface area contributed by atoms with Gasteiger partial charge in [-0.25, -0.2) is 0 Å². The van der Waals surface area contributed by atoms with E-state index in [9.17, 15) is 0 Å². The van der Waals surface area contributed by atoms with E-state index in [-0.39, 0.29) is 11.0 Å². The van der Waals surface area contributed by atoms with Crippen molar-refractivity contribution in [2.24, 2.45) is 5.73 Å². The standard InChI is InChI=1S/C12H21N3O2/c1-11(2,8-13)10-14-9(15-17-10)12(16-3)6-4-5-7-12/h4-8,13H2,1-3H3. The third kappa shape index (κ3) is 2.09. The van der Waals surface area contributed by atoms with Gasteiger partial charge in [0, 0.05) is 13.7 Å². The summed E-state index contributed by atoms with van der Waals surface area (Å²) in [5, 5.41) is 4.09. The number of ether oxygens (including phenoxy) is 1. The Bertz CT molecular complexity index is 381. The van der Waals surface area contributed by atoms with Crippen LogP contribution in [0.3, 0.4) is 0 Å². The maximum Gasteiger partial charge on any atom is 0.233 e. The summed E-state index contributed by atoms with van der Waals surface area (Å²) in [6.07, 6.45) is 4.23. The number of methoxy groups -OCH3 is 1. The number of hydrogen-bond acceptors (Lipinski definition) is 5. The molecule has 17 heavy (non-hydrogen) atoms. The van der Waals surface area contributed by atoms with E-state index in [0.29, 0.717) is 18.3 Å². The van der Waals surface area contributed by atoms with Crippen molar-refractivity contribution in [3.8, 4) is 0 Å². The Morgan fingerprint density at radius 3 is 2.59 bits per heavy atom. The average molecular weight is 239 g/mol. The van der Waals surface area contributed by atoms with Crippen LogP contribution in [0, 0.1) is 0 Å². The number of hydrogen-bond donors (Lipinski definition) is 1. The third-order valence-electron chi connectivity index (χ3n) is 3.72. The molecule has 2 N–H and O–H groups in total. The summed E-state index contributed by atoms with van der Waals surface area (Å²) in [5.74, 6) is 1.27. The minimum absolute atomic E-state index is 0.279. The monoisotopic (exact) mass is 239 g/mol. The van der Waals surface area contributed by atoms with Gasteiger partial charge in [0.15, 0.2) is 0 Å². The van der Waals surface area contributed by atoms with Crippen LogP contribution in [-0.2, 0) is 15.8 Å². The van der Waals surface area contributed by atoms with Gasteiger partial charge in [-0.15, -0.1) is 0 Å². The fourth-order valence-electron chi connectivity index (χ4n) is 2.24. The molecule has 1 aliphatic rings. The van der Waals surface area contributed by atoms with Crippen LogP contribution in [0.15, 0.2) is 4.52 Å². The van der Waals surface area contributed by atoms with Gasteiger partial charge in [-0.1, -0.05) is 5.16 Å². The maximum atomic E-state index is 5.71. The summed E-state index contributed by atoms with van der Waals surface area (Å²) in [5.41, 5.74) is 5.09. The second-order valence-corrected chi connectivity index (χ2v) is 5.42. The summed E-state index contributed by atoms with van der Waals surface area (Å²) in [7, 11) is 1.72. The SMILES string of the molecule is COC1(c2noc(C(C)(C)CN)n2)CCCC1. The average Bonchev–Trinajstić information content (AvgIpc) is 2.98. The lowest BCUT2D eigenvalue weighted by atomic mass is 9.93. The zero-order valence-electron chi connectivity index (χ0n) is 10.8. The van der Waals surface area contributed by atoms with E-state index in [0.717, 1.165) is 25.7 Å². The van der Waals surface area contributed by atoms with Crippen molar-refractivity contribution in [2.45, 2.75) is 50.5 Å². The van der Waals surface area contributed by atoms with Crippen LogP contribution in [-0.4, -0.2) is 23.8 Å². The molecule has 2 rings (SSSR count). The lowest BCUT2D eigenvalue weighted by Gasteiger charge is -2.23. The number of rotatable bonds is 4. The van der Waals surface area contributed by atoms with Crippen LogP contribution in [0.5, 0.6) is 0 Å². The molecule has 0 bridgehead atoms. The zero-order valence-corrected chi connectivity index (χ0v) is 10.8. The van der Waals surface area contributed by atoms with Gasteiger partial charge in [0.2, 0.25) is 11.7 Å². The van der Waals surface area contributed by atoms with Crippen LogP contribution in [0.25, 0.3) is 0 Å². The van der Waals surface area contributed by atoms with Crippen molar-refractivity contribution in [3.05, 3.63) is 11.7 Å². The van der Waals surface area contributed by atoms with Crippen LogP contribution in [0.2, 0.25) is 0 Å². The molecule has 1 aromatic heterocycles. The van der Waals surface area contributed by atoms with Crippen molar-refractivity contribution >= 4 is 0 Å². The highest BCUT2D eigenvalue weighted by molar-refractivity contribution is 5.08. The molecule has 0 radical (unpaired) electrons.